The molecule has 2 aromatic carbocycles. The number of hydrogen-bond donors (Lipinski definition) is 5. The fourth-order valence-electron chi connectivity index (χ4n) is 4.57. The van der Waals surface area contributed by atoms with Gasteiger partial charge in [0.2, 0.25) is 0 Å². The number of likely N-dealkylation sites (tertiary alicyclic amines) is 1. The van der Waals surface area contributed by atoms with Gasteiger partial charge in [-0.05, 0) is 86.0 Å². The zero-order valence-electron chi connectivity index (χ0n) is 21.0. The predicted molar refractivity (Wildman–Crippen MR) is 145 cm³/mol. The van der Waals surface area contributed by atoms with Crippen LogP contribution in [0.25, 0.3) is 28.6 Å². The standard InChI is InChI=1S/C27H30N6O5/c1-2-37-22-16-18(6-7-21(22)25-28-26-24(27(36)29-25)30-32-31-26)19-13-17(5-8-23(34)35)14-20(15-19)38-12-11-33-9-3-4-10-33/h5-8,13-16,30,32H,2-4,9-12H2,1H3,(H,34,35)(H2,28,29,31,36)/b8-5+. The van der Waals surface area contributed by atoms with E-state index in [1.54, 1.807) is 6.08 Å². The second-order valence-corrected chi connectivity index (χ2v) is 9.02. The Morgan fingerprint density at radius 1 is 1.11 bits per heavy atom. The van der Waals surface area contributed by atoms with Crippen molar-refractivity contribution in [2.24, 2.45) is 0 Å². The minimum absolute atomic E-state index is 0.312. The van der Waals surface area contributed by atoms with Gasteiger partial charge < -0.3 is 19.6 Å². The molecule has 1 fully saturated rings. The third-order valence-electron chi connectivity index (χ3n) is 6.38. The van der Waals surface area contributed by atoms with Gasteiger partial charge in [0.05, 0.1) is 12.2 Å². The van der Waals surface area contributed by atoms with Crippen LogP contribution in [0.1, 0.15) is 25.3 Å². The number of aliphatic carboxylic acids is 1. The van der Waals surface area contributed by atoms with Crippen LogP contribution in [-0.4, -0.2) is 58.8 Å². The molecule has 0 amide bonds. The summed E-state index contributed by atoms with van der Waals surface area (Å²) >= 11 is 0. The molecular weight excluding hydrogens is 488 g/mol. The minimum Gasteiger partial charge on any atom is -0.493 e. The Balaban J connectivity index is 1.47. The van der Waals surface area contributed by atoms with Crippen molar-refractivity contribution in [2.45, 2.75) is 19.8 Å². The van der Waals surface area contributed by atoms with Gasteiger partial charge in [-0.2, -0.15) is 0 Å². The molecule has 0 unspecified atom stereocenters. The summed E-state index contributed by atoms with van der Waals surface area (Å²) < 4.78 is 12.0. The number of ether oxygens (including phenoxy) is 2. The van der Waals surface area contributed by atoms with Crippen molar-refractivity contribution in [3.05, 3.63) is 58.4 Å². The lowest BCUT2D eigenvalue weighted by Gasteiger charge is -2.16. The molecule has 0 bridgehead atoms. The molecule has 11 nitrogen and oxygen atoms in total. The maximum absolute atomic E-state index is 12.5. The van der Waals surface area contributed by atoms with Gasteiger partial charge in [-0.25, -0.2) is 9.78 Å². The quantitative estimate of drug-likeness (QED) is 0.254. The van der Waals surface area contributed by atoms with E-state index in [1.807, 2.05) is 43.3 Å². The number of carboxylic acid groups (broad SMARTS) is 1. The molecule has 2 aliphatic rings. The fourth-order valence-corrected chi connectivity index (χ4v) is 4.57. The van der Waals surface area contributed by atoms with E-state index in [2.05, 4.69) is 31.3 Å². The highest BCUT2D eigenvalue weighted by Crippen LogP contribution is 2.35. The van der Waals surface area contributed by atoms with Crippen LogP contribution in [0.2, 0.25) is 0 Å². The van der Waals surface area contributed by atoms with Crippen LogP contribution in [0.5, 0.6) is 11.5 Å². The fraction of sp³-hybridized carbons (Fsp3) is 0.296. The van der Waals surface area contributed by atoms with Gasteiger partial charge in [-0.1, -0.05) is 6.07 Å². The molecule has 38 heavy (non-hydrogen) atoms. The molecule has 0 spiro atoms. The summed E-state index contributed by atoms with van der Waals surface area (Å²) in [6.45, 7) is 5.88. The number of nitrogens with zero attached hydrogens (tertiary/aromatic N) is 2. The number of carbonyl (C=O) groups is 1. The lowest BCUT2D eigenvalue weighted by Crippen LogP contribution is -2.25. The first-order valence-electron chi connectivity index (χ1n) is 12.6. The molecule has 5 rings (SSSR count). The number of H-pyrrole nitrogens is 1. The average molecular weight is 519 g/mol. The molecule has 1 aromatic heterocycles. The summed E-state index contributed by atoms with van der Waals surface area (Å²) in [4.78, 5) is 33.3. The number of hydrazine groups is 2. The normalized spacial score (nSPS) is 14.8. The number of rotatable bonds is 10. The van der Waals surface area contributed by atoms with Crippen LogP contribution < -0.4 is 31.4 Å². The second-order valence-electron chi connectivity index (χ2n) is 9.02. The van der Waals surface area contributed by atoms with Crippen LogP contribution in [0.15, 0.2) is 47.3 Å². The summed E-state index contributed by atoms with van der Waals surface area (Å²) in [6, 6.07) is 11.3. The topological polar surface area (TPSA) is 141 Å². The van der Waals surface area contributed by atoms with Crippen LogP contribution in [0.3, 0.4) is 0 Å². The predicted octanol–water partition coefficient (Wildman–Crippen LogP) is 3.33. The van der Waals surface area contributed by atoms with Gasteiger partial charge in [0, 0.05) is 12.6 Å². The van der Waals surface area contributed by atoms with E-state index in [-0.39, 0.29) is 5.56 Å². The van der Waals surface area contributed by atoms with Gasteiger partial charge in [0.1, 0.15) is 23.9 Å². The van der Waals surface area contributed by atoms with E-state index in [4.69, 9.17) is 14.6 Å². The maximum atomic E-state index is 12.5. The summed E-state index contributed by atoms with van der Waals surface area (Å²) in [7, 11) is 0. The number of nitrogens with one attached hydrogen (secondary N) is 4. The maximum Gasteiger partial charge on any atom is 0.328 e. The molecule has 0 saturated carbocycles. The van der Waals surface area contributed by atoms with E-state index in [0.717, 1.165) is 36.8 Å². The summed E-state index contributed by atoms with van der Waals surface area (Å²) in [5, 5.41) is 9.12. The Kier molecular flexibility index (Phi) is 7.57. The highest BCUT2D eigenvalue weighted by molar-refractivity contribution is 5.86. The van der Waals surface area contributed by atoms with Crippen LogP contribution in [0, 0.1) is 0 Å². The Morgan fingerprint density at radius 2 is 1.95 bits per heavy atom. The summed E-state index contributed by atoms with van der Waals surface area (Å²) in [5.41, 5.74) is 11.2. The molecule has 1 saturated heterocycles. The van der Waals surface area contributed by atoms with Gasteiger partial charge in [0.15, 0.2) is 11.5 Å². The van der Waals surface area contributed by atoms with Crippen molar-refractivity contribution in [1.29, 1.82) is 0 Å². The van der Waals surface area contributed by atoms with Gasteiger partial charge >= 0.3 is 5.97 Å². The van der Waals surface area contributed by atoms with Crippen molar-refractivity contribution in [3.8, 4) is 34.0 Å². The first-order chi connectivity index (χ1) is 18.5. The monoisotopic (exact) mass is 518 g/mol. The number of aromatic nitrogens is 2. The number of benzene rings is 2. The Bertz CT molecular complexity index is 1410. The number of anilines is 2. The SMILES string of the molecule is CCOc1cc(-c2cc(/C=C/C(=O)O)cc(OCCN3CCCC3)c2)ccc1-c1nc2c(c(=O)[nH]1)NNN2. The zero-order chi connectivity index (χ0) is 26.5. The zero-order valence-corrected chi connectivity index (χ0v) is 21.0. The van der Waals surface area contributed by atoms with Crippen molar-refractivity contribution < 1.29 is 19.4 Å². The molecule has 5 N–H and O–H groups in total. The molecule has 198 valence electrons. The minimum atomic E-state index is -1.02. The smallest absolute Gasteiger partial charge is 0.328 e. The number of fused-ring (bicyclic) bond motifs is 1. The molecular formula is C27H30N6O5. The Labute approximate surface area is 219 Å². The first-order valence-corrected chi connectivity index (χ1v) is 12.6. The van der Waals surface area contributed by atoms with Gasteiger partial charge in [-0.3, -0.25) is 20.5 Å². The first kappa shape index (κ1) is 25.3. The van der Waals surface area contributed by atoms with Crippen molar-refractivity contribution in [2.75, 3.05) is 43.7 Å². The third kappa shape index (κ3) is 5.79. The lowest BCUT2D eigenvalue weighted by molar-refractivity contribution is -0.131. The number of carboxylic acids is 1. The van der Waals surface area contributed by atoms with Crippen LogP contribution >= 0.6 is 0 Å². The molecule has 3 heterocycles. The molecule has 0 radical (unpaired) electrons. The van der Waals surface area contributed by atoms with E-state index in [9.17, 15) is 9.59 Å². The molecule has 2 aliphatic heterocycles. The second kappa shape index (κ2) is 11.4. The summed E-state index contributed by atoms with van der Waals surface area (Å²) in [5.74, 6) is 0.944. The van der Waals surface area contributed by atoms with Crippen LogP contribution in [0.4, 0.5) is 11.5 Å². The van der Waals surface area contributed by atoms with Gasteiger partial charge in [-0.15, -0.1) is 5.53 Å². The van der Waals surface area contributed by atoms with Crippen LogP contribution in [-0.2, 0) is 4.79 Å². The van der Waals surface area contributed by atoms with E-state index in [0.29, 0.717) is 53.2 Å². The largest absolute Gasteiger partial charge is 0.493 e. The lowest BCUT2D eigenvalue weighted by atomic mass is 10.00. The molecule has 3 aromatic rings. The Hall–Kier alpha value is -4.35. The molecule has 0 aliphatic carbocycles. The summed E-state index contributed by atoms with van der Waals surface area (Å²) in [6.07, 6.45) is 5.09. The molecule has 0 atom stereocenters. The van der Waals surface area contributed by atoms with E-state index < -0.39 is 5.97 Å². The average Bonchev–Trinajstić information content (AvgIpc) is 3.60. The van der Waals surface area contributed by atoms with E-state index in [1.165, 1.54) is 12.8 Å². The van der Waals surface area contributed by atoms with Crippen molar-refractivity contribution in [3.63, 3.8) is 0 Å². The van der Waals surface area contributed by atoms with E-state index >= 15 is 0 Å². The highest BCUT2D eigenvalue weighted by atomic mass is 16.5. The molecule has 11 heteroatoms. The number of aromatic amines is 1. The highest BCUT2D eigenvalue weighted by Gasteiger charge is 2.19. The van der Waals surface area contributed by atoms with Crippen molar-refractivity contribution >= 4 is 23.6 Å². The van der Waals surface area contributed by atoms with Crippen molar-refractivity contribution in [1.82, 2.24) is 20.4 Å². The van der Waals surface area contributed by atoms with Gasteiger partial charge in [0.25, 0.3) is 5.56 Å². The number of hydrogen-bond acceptors (Lipinski definition) is 9. The Morgan fingerprint density at radius 3 is 2.74 bits per heavy atom. The third-order valence-corrected chi connectivity index (χ3v) is 6.38.